The molecule has 6 fully saturated rings. The fraction of sp³-hybridized carbons (Fsp3) is 0.735. The second-order valence-corrected chi connectivity index (χ2v) is 14.0. The maximum absolute atomic E-state index is 6.54. The van der Waals surface area contributed by atoms with E-state index >= 15 is 0 Å². The fourth-order valence-corrected chi connectivity index (χ4v) is 8.24. The van der Waals surface area contributed by atoms with Crippen LogP contribution in [0.15, 0.2) is 24.3 Å². The third-order valence-electron chi connectivity index (χ3n) is 10.9. The summed E-state index contributed by atoms with van der Waals surface area (Å²) in [6.45, 7) is 11.0. The summed E-state index contributed by atoms with van der Waals surface area (Å²) in [5, 5.41) is 10.2. The van der Waals surface area contributed by atoms with Gasteiger partial charge in [0.25, 0.3) is 0 Å². The van der Waals surface area contributed by atoms with Crippen molar-refractivity contribution < 1.29 is 28.7 Å². The van der Waals surface area contributed by atoms with Crippen molar-refractivity contribution in [2.75, 3.05) is 62.0 Å². The van der Waals surface area contributed by atoms with Crippen LogP contribution in [-0.4, -0.2) is 85.4 Å². The van der Waals surface area contributed by atoms with Gasteiger partial charge >= 0.3 is 0 Å². The molecule has 8 atom stereocenters. The van der Waals surface area contributed by atoms with Gasteiger partial charge in [-0.3, -0.25) is 0 Å². The molecule has 5 aliphatic heterocycles. The molecule has 13 heteroatoms. The molecule has 6 aliphatic rings. The second kappa shape index (κ2) is 14.0. The molecular weight excluding hydrogens is 602 g/mol. The Morgan fingerprint density at radius 3 is 2.53 bits per heavy atom. The van der Waals surface area contributed by atoms with Crippen molar-refractivity contribution in [3.05, 3.63) is 24.3 Å². The molecule has 2 aromatic rings. The Bertz CT molecular complexity index is 1350. The van der Waals surface area contributed by atoms with Gasteiger partial charge in [0.05, 0.1) is 13.7 Å². The molecule has 0 unspecified atom stereocenters. The summed E-state index contributed by atoms with van der Waals surface area (Å²) in [6, 6.07) is 7.71. The van der Waals surface area contributed by atoms with Crippen molar-refractivity contribution in [1.29, 1.82) is 0 Å². The zero-order valence-electron chi connectivity index (χ0n) is 28.2. The standard InChI is InChI=1S/C34H51N7O6/c1-22-8-13-27-23(2)28(44-29-34(27)26(22)14-15-33(3,45-29)46-47-34)43-21-18-35-16-17-36-30-38-31(37-24-9-11-25(42-4)12-10-24)40-32(39-30)41-19-6-5-7-20-41/h9-12,22-23,26-29,35H,5-8,13-21H2,1-4H3,(H2,36,37,38,39,40)/t22-,23-,26+,27+,28+,29-,33-,34-/m1/s1. The van der Waals surface area contributed by atoms with E-state index < -0.39 is 17.7 Å². The quantitative estimate of drug-likeness (QED) is 0.213. The molecule has 2 bridgehead atoms. The van der Waals surface area contributed by atoms with E-state index in [1.807, 2.05) is 31.2 Å². The topological polar surface area (TPSA) is 133 Å². The summed E-state index contributed by atoms with van der Waals surface area (Å²) in [7, 11) is 1.66. The average Bonchev–Trinajstić information content (AvgIpc) is 3.32. The minimum absolute atomic E-state index is 0.163. The van der Waals surface area contributed by atoms with Crippen molar-refractivity contribution >= 4 is 23.5 Å². The molecule has 47 heavy (non-hydrogen) atoms. The number of rotatable bonds is 12. The van der Waals surface area contributed by atoms with Gasteiger partial charge in [0.15, 0.2) is 18.2 Å². The fourth-order valence-electron chi connectivity index (χ4n) is 8.24. The third-order valence-corrected chi connectivity index (χ3v) is 10.9. The number of nitrogens with zero attached hydrogens (tertiary/aromatic N) is 4. The number of fused-ring (bicyclic) bond motifs is 2. The smallest absolute Gasteiger partial charge is 0.233 e. The number of methoxy groups -OCH3 is 1. The maximum Gasteiger partial charge on any atom is 0.233 e. The molecule has 1 aromatic heterocycles. The monoisotopic (exact) mass is 653 g/mol. The van der Waals surface area contributed by atoms with Crippen molar-refractivity contribution in [3.63, 3.8) is 0 Å². The van der Waals surface area contributed by atoms with E-state index in [-0.39, 0.29) is 18.1 Å². The Morgan fingerprint density at radius 2 is 1.72 bits per heavy atom. The van der Waals surface area contributed by atoms with Gasteiger partial charge in [0, 0.05) is 56.7 Å². The first-order chi connectivity index (χ1) is 22.9. The number of anilines is 4. The van der Waals surface area contributed by atoms with Crippen LogP contribution >= 0.6 is 0 Å². The molecule has 1 aliphatic carbocycles. The highest BCUT2D eigenvalue weighted by Gasteiger charge is 2.69. The van der Waals surface area contributed by atoms with Crippen molar-refractivity contribution in [3.8, 4) is 5.75 Å². The number of aromatic nitrogens is 3. The van der Waals surface area contributed by atoms with E-state index in [0.29, 0.717) is 49.4 Å². The highest BCUT2D eigenvalue weighted by molar-refractivity contribution is 5.57. The molecule has 6 heterocycles. The largest absolute Gasteiger partial charge is 0.497 e. The zero-order chi connectivity index (χ0) is 32.4. The van der Waals surface area contributed by atoms with E-state index in [1.165, 1.54) is 12.8 Å². The molecule has 3 N–H and O–H groups in total. The van der Waals surface area contributed by atoms with E-state index in [4.69, 9.17) is 38.7 Å². The van der Waals surface area contributed by atoms with E-state index in [9.17, 15) is 0 Å². The van der Waals surface area contributed by atoms with Gasteiger partial charge in [-0.2, -0.15) is 15.0 Å². The van der Waals surface area contributed by atoms with Gasteiger partial charge < -0.3 is 39.8 Å². The Labute approximate surface area is 277 Å². The van der Waals surface area contributed by atoms with Gasteiger partial charge in [0.1, 0.15) is 5.75 Å². The van der Waals surface area contributed by atoms with E-state index in [1.54, 1.807) is 7.11 Å². The number of hydrogen-bond acceptors (Lipinski definition) is 13. The number of nitrogens with one attached hydrogen (secondary N) is 3. The molecule has 5 saturated heterocycles. The molecule has 13 nitrogen and oxygen atoms in total. The van der Waals surface area contributed by atoms with Crippen LogP contribution in [0.25, 0.3) is 0 Å². The lowest BCUT2D eigenvalue weighted by Gasteiger charge is -2.60. The first-order valence-electron chi connectivity index (χ1n) is 17.6. The van der Waals surface area contributed by atoms with Gasteiger partial charge in [-0.25, -0.2) is 9.78 Å². The normalized spacial score (nSPS) is 34.8. The summed E-state index contributed by atoms with van der Waals surface area (Å²) in [5.74, 6) is 3.07. The first-order valence-corrected chi connectivity index (χ1v) is 17.6. The molecule has 8 rings (SSSR count). The molecule has 258 valence electrons. The van der Waals surface area contributed by atoms with Crippen molar-refractivity contribution in [2.45, 2.75) is 89.7 Å². The molecular formula is C34H51N7O6. The SMILES string of the molecule is COc1ccc(Nc2nc(NCCNCCO[C@H]3O[C@@H]4O[C@@]5(C)CC[C@H]6[C@H](C)CC[C@@H]([C@H]3C)[C@@]46OO5)nc(N3CCCCC3)n2)cc1. The predicted molar refractivity (Wildman–Crippen MR) is 176 cm³/mol. The molecule has 0 amide bonds. The summed E-state index contributed by atoms with van der Waals surface area (Å²) in [6.07, 6.45) is 6.74. The summed E-state index contributed by atoms with van der Waals surface area (Å²) in [4.78, 5) is 28.6. The highest BCUT2D eigenvalue weighted by Crippen LogP contribution is 2.60. The van der Waals surface area contributed by atoms with Crippen LogP contribution in [0.4, 0.5) is 23.5 Å². The summed E-state index contributed by atoms with van der Waals surface area (Å²) in [5.41, 5.74) is 0.315. The number of ether oxygens (including phenoxy) is 4. The summed E-state index contributed by atoms with van der Waals surface area (Å²) < 4.78 is 24.6. The Kier molecular flexibility index (Phi) is 9.72. The minimum Gasteiger partial charge on any atom is -0.497 e. The Balaban J connectivity index is 0.909. The minimum atomic E-state index is -0.781. The number of piperidine rings is 1. The number of benzene rings is 1. The van der Waals surface area contributed by atoms with Crippen LogP contribution < -0.4 is 25.6 Å². The average molecular weight is 654 g/mol. The highest BCUT2D eigenvalue weighted by atomic mass is 17.3. The van der Waals surface area contributed by atoms with E-state index in [0.717, 1.165) is 63.2 Å². The Morgan fingerprint density at radius 1 is 0.915 bits per heavy atom. The van der Waals surface area contributed by atoms with E-state index in [2.05, 4.69) is 39.7 Å². The lowest BCUT2D eigenvalue weighted by Crippen LogP contribution is -2.70. The van der Waals surface area contributed by atoms with Gasteiger partial charge in [0.2, 0.25) is 23.6 Å². The third kappa shape index (κ3) is 6.75. The van der Waals surface area contributed by atoms with Gasteiger partial charge in [-0.05, 0) is 81.5 Å². The van der Waals surface area contributed by atoms with Gasteiger partial charge in [-0.1, -0.05) is 13.8 Å². The molecule has 1 aromatic carbocycles. The second-order valence-electron chi connectivity index (χ2n) is 14.0. The predicted octanol–water partition coefficient (Wildman–Crippen LogP) is 4.84. The zero-order valence-corrected chi connectivity index (χ0v) is 28.2. The van der Waals surface area contributed by atoms with Crippen LogP contribution in [0, 0.1) is 23.7 Å². The van der Waals surface area contributed by atoms with Gasteiger partial charge in [-0.15, -0.1) is 0 Å². The number of hydrogen-bond donors (Lipinski definition) is 3. The van der Waals surface area contributed by atoms with Crippen molar-refractivity contribution in [1.82, 2.24) is 20.3 Å². The Hall–Kier alpha value is -2.81. The van der Waals surface area contributed by atoms with Crippen LogP contribution in [-0.2, 0) is 24.0 Å². The molecule has 0 radical (unpaired) electrons. The first kappa shape index (κ1) is 32.7. The van der Waals surface area contributed by atoms with Crippen LogP contribution in [0.5, 0.6) is 5.75 Å². The van der Waals surface area contributed by atoms with Crippen LogP contribution in [0.3, 0.4) is 0 Å². The lowest BCUT2D eigenvalue weighted by atomic mass is 9.58. The summed E-state index contributed by atoms with van der Waals surface area (Å²) >= 11 is 0. The van der Waals surface area contributed by atoms with Crippen LogP contribution in [0.2, 0.25) is 0 Å². The molecule has 1 spiro atoms. The maximum atomic E-state index is 6.54. The van der Waals surface area contributed by atoms with Crippen molar-refractivity contribution in [2.24, 2.45) is 23.7 Å². The van der Waals surface area contributed by atoms with Crippen LogP contribution in [0.1, 0.15) is 65.7 Å². The molecule has 1 saturated carbocycles. The lowest BCUT2D eigenvalue weighted by molar-refractivity contribution is -0.577.